The Morgan fingerprint density at radius 2 is 0.714 bits per heavy atom. The summed E-state index contributed by atoms with van der Waals surface area (Å²) in [6.45, 7) is 16.7. The maximum absolute atomic E-state index is 2.98. The Morgan fingerprint density at radius 3 is 0.982 bits per heavy atom. The fourth-order valence-electron chi connectivity index (χ4n) is 9.28. The van der Waals surface area contributed by atoms with E-state index in [-0.39, 0.29) is 42.3 Å². The molecule has 0 amide bonds. The van der Waals surface area contributed by atoms with E-state index in [0.717, 1.165) is 19.3 Å². The molecule has 0 aliphatic heterocycles. The van der Waals surface area contributed by atoms with Crippen molar-refractivity contribution in [2.24, 2.45) is 0 Å². The second-order valence-corrected chi connectivity index (χ2v) is 20.7. The van der Waals surface area contributed by atoms with Gasteiger partial charge in [0, 0.05) is 0 Å². The number of hydrogen-bond donors (Lipinski definition) is 0. The summed E-state index contributed by atoms with van der Waals surface area (Å²) in [5.41, 5.74) is 16.6. The van der Waals surface area contributed by atoms with Crippen LogP contribution >= 0.6 is 0 Å². The van der Waals surface area contributed by atoms with Gasteiger partial charge in [-0.25, -0.2) is 0 Å². The number of rotatable bonds is 10. The van der Waals surface area contributed by atoms with E-state index in [2.05, 4.69) is 214 Å². The van der Waals surface area contributed by atoms with Gasteiger partial charge in [0.1, 0.15) is 0 Å². The van der Waals surface area contributed by atoms with Crippen LogP contribution in [0.1, 0.15) is 77.8 Å². The molecule has 0 aromatic heterocycles. The van der Waals surface area contributed by atoms with E-state index in [4.69, 9.17) is 0 Å². The van der Waals surface area contributed by atoms with Gasteiger partial charge in [-0.15, -0.1) is 0 Å². The fourth-order valence-corrected chi connectivity index (χ4v) is 17.3. The molecule has 0 bridgehead atoms. The van der Waals surface area contributed by atoms with Gasteiger partial charge in [0.05, 0.1) is 0 Å². The molecule has 0 heterocycles. The van der Waals surface area contributed by atoms with Crippen molar-refractivity contribution >= 4 is 23.6 Å². The van der Waals surface area contributed by atoms with Crippen molar-refractivity contribution in [3.63, 3.8) is 0 Å². The van der Waals surface area contributed by atoms with Crippen molar-refractivity contribution in [3.05, 3.63) is 216 Å². The number of hydrogen-bond acceptors (Lipinski definition) is 0. The van der Waals surface area contributed by atoms with Crippen LogP contribution in [0.4, 0.5) is 0 Å². The molecule has 0 N–H and O–H groups in total. The van der Waals surface area contributed by atoms with Crippen molar-refractivity contribution < 1.29 is 57.7 Å². The summed E-state index contributed by atoms with van der Waals surface area (Å²) in [4.78, 5) is 0. The van der Waals surface area contributed by atoms with E-state index in [1.165, 1.54) is 86.2 Å². The van der Waals surface area contributed by atoms with Crippen molar-refractivity contribution in [1.29, 1.82) is 0 Å². The molecule has 284 valence electrons. The minimum absolute atomic E-state index is 0. The fraction of sp³-hybridized carbons (Fsp3) is 0.216. The summed E-state index contributed by atoms with van der Waals surface area (Å²) in [6.07, 6.45) is 2.75. The summed E-state index contributed by atoms with van der Waals surface area (Å²) in [5, 5.41) is 4.30. The Balaban J connectivity index is 0.00000232. The van der Waals surface area contributed by atoms with E-state index in [0.29, 0.717) is 0 Å². The second-order valence-electron chi connectivity index (χ2n) is 15.7. The Bertz CT molecular complexity index is 2100. The van der Waals surface area contributed by atoms with E-state index >= 15 is 0 Å². The normalized spacial score (nSPS) is 15.2. The monoisotopic (exact) mass is 844 g/mol. The average Bonchev–Trinajstić information content (AvgIpc) is 3.28. The Hall–Kier alpha value is -3.40. The molecule has 1 aliphatic rings. The zero-order valence-electron chi connectivity index (χ0n) is 33.6. The van der Waals surface area contributed by atoms with Crippen LogP contribution in [0.25, 0.3) is 0 Å². The zero-order chi connectivity index (χ0) is 37.3. The molecule has 0 spiro atoms. The first-order chi connectivity index (χ1) is 25.5. The Kier molecular flexibility index (Phi) is 15.3. The predicted molar refractivity (Wildman–Crippen MR) is 225 cm³/mol. The summed E-state index contributed by atoms with van der Waals surface area (Å²) in [6, 6.07) is 55.8. The van der Waals surface area contributed by atoms with Gasteiger partial charge in [-0.2, -0.15) is 0 Å². The maximum Gasteiger partial charge on any atom is -1.00 e. The van der Waals surface area contributed by atoms with E-state index in [1.807, 2.05) is 0 Å². The number of benzene rings is 6. The van der Waals surface area contributed by atoms with E-state index < -0.39 is 8.07 Å². The van der Waals surface area contributed by atoms with Gasteiger partial charge in [0.2, 0.25) is 0 Å². The first-order valence-corrected chi connectivity index (χ1v) is 21.8. The number of halogens is 3. The van der Waals surface area contributed by atoms with Crippen LogP contribution in [0.3, 0.4) is 0 Å². The molecule has 5 heteroatoms. The maximum atomic E-state index is 2.61. The van der Waals surface area contributed by atoms with Gasteiger partial charge in [-0.3, -0.25) is 0 Å². The van der Waals surface area contributed by atoms with Crippen LogP contribution in [0.2, 0.25) is 5.04 Å². The van der Waals surface area contributed by atoms with Gasteiger partial charge in [-0.1, -0.05) is 0 Å². The molecule has 56 heavy (non-hydrogen) atoms. The number of aryl methyl sites for hydroxylation is 3. The Labute approximate surface area is 367 Å². The molecule has 0 fully saturated rings. The molecule has 1 unspecified atom stereocenters. The first kappa shape index (κ1) is 45.3. The molecule has 7 rings (SSSR count). The molecule has 6 aromatic rings. The second kappa shape index (κ2) is 18.9. The molecule has 6 aromatic carbocycles. The van der Waals surface area contributed by atoms with Crippen LogP contribution in [0, 0.1) is 20.8 Å². The van der Waals surface area contributed by atoms with Gasteiger partial charge >= 0.3 is 333 Å². The molecular formula is C51H51Cl3SiTi. The third-order valence-electron chi connectivity index (χ3n) is 12.0. The molecule has 1 atom stereocenters. The largest absolute Gasteiger partial charge is 1.00 e. The minimum atomic E-state index is -2.98. The summed E-state index contributed by atoms with van der Waals surface area (Å²) < 4.78 is 1.52. The standard InChI is InChI=1S/C51H51Si.3ClH.Ti/c1-36-23-45(29-42-17-11-8-12-18-42)32-48(26-36)52(51(7)35-39(4)40(5)41(51)6,49-27-37(2)24-46(33-49)30-43-19-13-9-14-20-43)50-28-38(3)25-47(34-50)31-44-21-15-10-16-22-44;;;;/h8-28,32-34H,29-31H2,1-7H3;3*1H;/q;;;;+3/p-3. The van der Waals surface area contributed by atoms with Crippen LogP contribution < -0.4 is 52.8 Å². The SMILES string of the molecule is CC1=C(C)C(C)([Si](c2cc(C)cc(Cc3ccccc3)c2)(c2cc(C)cc(Cc3ccccc3)c2)c2cc(C)cc(Cc3ccccc3)c2)[C]([Ti+3])=C1C.[Cl-].[Cl-].[Cl-]. The molecule has 1 aliphatic carbocycles. The van der Waals surface area contributed by atoms with Crippen molar-refractivity contribution in [3.8, 4) is 0 Å². The van der Waals surface area contributed by atoms with Crippen molar-refractivity contribution in [1.82, 2.24) is 0 Å². The predicted octanol–water partition coefficient (Wildman–Crippen LogP) is 1.80. The van der Waals surface area contributed by atoms with Crippen LogP contribution in [-0.2, 0) is 39.7 Å². The van der Waals surface area contributed by atoms with Crippen molar-refractivity contribution in [2.75, 3.05) is 0 Å². The van der Waals surface area contributed by atoms with Gasteiger partial charge in [-0.05, 0) is 0 Å². The summed E-state index contributed by atoms with van der Waals surface area (Å²) in [5.74, 6) is 0. The number of allylic oxidation sites excluding steroid dienone is 4. The zero-order valence-corrected chi connectivity index (χ0v) is 38.4. The van der Waals surface area contributed by atoms with E-state index in [1.54, 1.807) is 0 Å². The van der Waals surface area contributed by atoms with Gasteiger partial charge in [0.15, 0.2) is 0 Å². The van der Waals surface area contributed by atoms with Gasteiger partial charge in [0.25, 0.3) is 0 Å². The van der Waals surface area contributed by atoms with Crippen molar-refractivity contribution in [2.45, 2.75) is 72.8 Å². The molecule has 0 saturated heterocycles. The minimum Gasteiger partial charge on any atom is -1.00 e. The van der Waals surface area contributed by atoms with Crippen LogP contribution in [0.15, 0.2) is 166 Å². The summed E-state index contributed by atoms with van der Waals surface area (Å²) in [7, 11) is -2.98. The first-order valence-electron chi connectivity index (χ1n) is 19.0. The smallest absolute Gasteiger partial charge is 1.00 e. The molecular weight excluding hydrogens is 795 g/mol. The average molecular weight is 846 g/mol. The van der Waals surface area contributed by atoms with Crippen LogP contribution in [-0.4, -0.2) is 8.07 Å². The third-order valence-corrected chi connectivity index (χ3v) is 19.3. The third kappa shape index (κ3) is 8.70. The molecule has 0 nitrogen and oxygen atoms in total. The molecule has 0 radical (unpaired) electrons. The quantitative estimate of drug-likeness (QED) is 0.146. The van der Waals surface area contributed by atoms with Gasteiger partial charge < -0.3 is 37.2 Å². The van der Waals surface area contributed by atoms with Crippen LogP contribution in [0.5, 0.6) is 0 Å². The Morgan fingerprint density at radius 1 is 0.411 bits per heavy atom. The molecule has 0 saturated carbocycles. The topological polar surface area (TPSA) is 0 Å². The van der Waals surface area contributed by atoms with E-state index in [9.17, 15) is 0 Å². The summed E-state index contributed by atoms with van der Waals surface area (Å²) >= 11 is 2.44.